The molecule has 3 aromatic rings. The fraction of sp³-hybridized carbons (Fsp3) is 0.333. The van der Waals surface area contributed by atoms with Crippen molar-refractivity contribution in [1.82, 2.24) is 20.5 Å². The largest absolute Gasteiger partial charge is 0.435 e. The van der Waals surface area contributed by atoms with E-state index < -0.39 is 17.8 Å². The van der Waals surface area contributed by atoms with Crippen molar-refractivity contribution in [3.8, 4) is 11.3 Å². The van der Waals surface area contributed by atoms with E-state index in [0.29, 0.717) is 29.3 Å². The molecule has 0 aliphatic heterocycles. The number of aromatic nitrogens is 3. The number of nitrogens with two attached hydrogens (primary N) is 1. The highest BCUT2D eigenvalue weighted by Gasteiger charge is 2.38. The topological polar surface area (TPSA) is 141 Å². The Balaban J connectivity index is 1.98. The molecule has 0 radical (unpaired) electrons. The van der Waals surface area contributed by atoms with Gasteiger partial charge in [0.2, 0.25) is 0 Å². The summed E-state index contributed by atoms with van der Waals surface area (Å²) in [6.07, 6.45) is -0.808. The predicted molar refractivity (Wildman–Crippen MR) is 112 cm³/mol. The molecular weight excluding hydrogens is 425 g/mol. The molecule has 11 heteroatoms. The van der Waals surface area contributed by atoms with E-state index in [9.17, 15) is 18.0 Å². The van der Waals surface area contributed by atoms with Gasteiger partial charge in [-0.1, -0.05) is 0 Å². The monoisotopic (exact) mass is 446 g/mol. The molecule has 8 nitrogen and oxygen atoms in total. The van der Waals surface area contributed by atoms with E-state index >= 15 is 0 Å². The molecule has 1 aliphatic carbocycles. The molecule has 2 aromatic heterocycles. The highest BCUT2D eigenvalue weighted by molar-refractivity contribution is 6.47. The van der Waals surface area contributed by atoms with Crippen LogP contribution in [0, 0.1) is 5.41 Å². The molecule has 0 fully saturated rings. The summed E-state index contributed by atoms with van der Waals surface area (Å²) in [6, 6.07) is 3.07. The molecule has 0 bridgehead atoms. The Morgan fingerprint density at radius 1 is 1.25 bits per heavy atom. The van der Waals surface area contributed by atoms with Crippen molar-refractivity contribution in [2.45, 2.75) is 31.9 Å². The normalized spacial score (nSPS) is 13.8. The maximum atomic E-state index is 13.5. The second-order valence-corrected chi connectivity index (χ2v) is 7.55. The number of benzene rings is 1. The molecule has 0 saturated carbocycles. The van der Waals surface area contributed by atoms with Crippen LogP contribution in [-0.2, 0) is 23.8 Å². The van der Waals surface area contributed by atoms with Crippen LogP contribution in [0.2, 0.25) is 0 Å². The lowest BCUT2D eigenvalue weighted by atomic mass is 9.84. The minimum absolute atomic E-state index is 0.0207. The molecule has 0 saturated heterocycles. The van der Waals surface area contributed by atoms with E-state index in [2.05, 4.69) is 20.5 Å². The van der Waals surface area contributed by atoms with Crippen LogP contribution in [0.25, 0.3) is 22.2 Å². The van der Waals surface area contributed by atoms with Gasteiger partial charge in [0.15, 0.2) is 5.69 Å². The fourth-order valence-electron chi connectivity index (χ4n) is 4.19. The zero-order valence-corrected chi connectivity index (χ0v) is 16.9. The third-order valence-electron chi connectivity index (χ3n) is 5.54. The number of hydrogen-bond donors (Lipinski definition) is 5. The van der Waals surface area contributed by atoms with Gasteiger partial charge in [0.05, 0.1) is 23.4 Å². The van der Waals surface area contributed by atoms with Crippen LogP contribution in [0.5, 0.6) is 0 Å². The third kappa shape index (κ3) is 3.68. The molecule has 1 aliphatic rings. The Bertz CT molecular complexity index is 1220. The minimum Gasteiger partial charge on any atom is -0.398 e. The lowest BCUT2D eigenvalue weighted by Crippen LogP contribution is -2.33. The van der Waals surface area contributed by atoms with Gasteiger partial charge in [0, 0.05) is 29.4 Å². The number of pyridine rings is 1. The van der Waals surface area contributed by atoms with Crippen LogP contribution in [0.3, 0.4) is 0 Å². The van der Waals surface area contributed by atoms with Gasteiger partial charge in [-0.3, -0.25) is 15.3 Å². The van der Waals surface area contributed by atoms with E-state index in [1.54, 1.807) is 6.07 Å². The summed E-state index contributed by atoms with van der Waals surface area (Å²) in [4.78, 5) is 16.9. The molecule has 168 valence electrons. The number of amides is 1. The van der Waals surface area contributed by atoms with Gasteiger partial charge in [-0.25, -0.2) is 4.98 Å². The Hall–Kier alpha value is -3.47. The maximum absolute atomic E-state index is 13.5. The number of carbonyl (C=O) groups excluding carboxylic acids is 1. The Labute approximate surface area is 180 Å². The number of fused-ring (bicyclic) bond motifs is 3. The summed E-state index contributed by atoms with van der Waals surface area (Å²) in [7, 11) is 0. The number of aliphatic hydroxyl groups is 1. The van der Waals surface area contributed by atoms with Crippen LogP contribution >= 0.6 is 0 Å². The number of aromatic amines is 1. The van der Waals surface area contributed by atoms with Crippen molar-refractivity contribution in [1.29, 1.82) is 5.41 Å². The van der Waals surface area contributed by atoms with Crippen molar-refractivity contribution >= 4 is 28.2 Å². The zero-order chi connectivity index (χ0) is 23.0. The van der Waals surface area contributed by atoms with Gasteiger partial charge in [0.1, 0.15) is 5.71 Å². The predicted octanol–water partition coefficient (Wildman–Crippen LogP) is 2.58. The van der Waals surface area contributed by atoms with Gasteiger partial charge in [-0.15, -0.1) is 0 Å². The molecule has 0 atom stereocenters. The van der Waals surface area contributed by atoms with Gasteiger partial charge in [-0.2, -0.15) is 18.3 Å². The van der Waals surface area contributed by atoms with Crippen LogP contribution in [0.1, 0.15) is 35.2 Å². The smallest absolute Gasteiger partial charge is 0.398 e. The van der Waals surface area contributed by atoms with Crippen LogP contribution in [0.4, 0.5) is 18.9 Å². The summed E-state index contributed by atoms with van der Waals surface area (Å²) in [5.74, 6) is -0.707. The van der Waals surface area contributed by atoms with E-state index in [1.165, 1.54) is 12.3 Å². The Morgan fingerprint density at radius 2 is 1.97 bits per heavy atom. The van der Waals surface area contributed by atoms with Gasteiger partial charge < -0.3 is 16.2 Å². The second kappa shape index (κ2) is 8.23. The van der Waals surface area contributed by atoms with E-state index in [1.807, 2.05) is 0 Å². The molecule has 4 rings (SSSR count). The molecule has 0 spiro atoms. The molecule has 2 heterocycles. The number of anilines is 1. The second-order valence-electron chi connectivity index (χ2n) is 7.55. The number of alkyl halides is 3. The first-order chi connectivity index (χ1) is 15.2. The highest BCUT2D eigenvalue weighted by Crippen LogP contribution is 2.41. The number of halogens is 3. The van der Waals surface area contributed by atoms with Crippen molar-refractivity contribution in [2.75, 3.05) is 18.9 Å². The number of aliphatic hydroxyl groups excluding tert-OH is 1. The van der Waals surface area contributed by atoms with E-state index in [-0.39, 0.29) is 41.4 Å². The van der Waals surface area contributed by atoms with Crippen molar-refractivity contribution in [3.63, 3.8) is 0 Å². The fourth-order valence-corrected chi connectivity index (χ4v) is 4.19. The van der Waals surface area contributed by atoms with Crippen molar-refractivity contribution in [2.24, 2.45) is 0 Å². The minimum atomic E-state index is -4.65. The Kier molecular flexibility index (Phi) is 5.59. The van der Waals surface area contributed by atoms with Gasteiger partial charge in [-0.05, 0) is 48.9 Å². The number of nitrogens with zero attached hydrogens (tertiary/aromatic N) is 2. The summed E-state index contributed by atoms with van der Waals surface area (Å²) in [5, 5.41) is 26.0. The standard InChI is InChI=1S/C21H21F3N6O2/c22-21(23,24)19-12(9-28-30-19)18-11-4-2-1-3-10(11)15-14(29-18)6-5-13(25)16(15)17(26)20(32)27-7-8-31/h5-6,9,26,31H,1-4,7-8,25H2,(H,27,32)(H,28,30). The molecule has 32 heavy (non-hydrogen) atoms. The van der Waals surface area contributed by atoms with Crippen molar-refractivity contribution in [3.05, 3.63) is 40.7 Å². The first-order valence-electron chi connectivity index (χ1n) is 10.1. The molecule has 1 amide bonds. The number of nitrogen functional groups attached to an aromatic ring is 1. The van der Waals surface area contributed by atoms with Gasteiger partial charge >= 0.3 is 6.18 Å². The van der Waals surface area contributed by atoms with Crippen molar-refractivity contribution < 1.29 is 23.1 Å². The molecular formula is C21H21F3N6O2. The summed E-state index contributed by atoms with van der Waals surface area (Å²) >= 11 is 0. The zero-order valence-electron chi connectivity index (χ0n) is 16.9. The summed E-state index contributed by atoms with van der Waals surface area (Å²) in [6.45, 7) is -0.302. The maximum Gasteiger partial charge on any atom is 0.435 e. The van der Waals surface area contributed by atoms with E-state index in [4.69, 9.17) is 16.2 Å². The summed E-state index contributed by atoms with van der Waals surface area (Å²) < 4.78 is 40.5. The average molecular weight is 446 g/mol. The Morgan fingerprint density at radius 3 is 2.66 bits per heavy atom. The SMILES string of the molecule is N=C(C(=O)NCCO)c1c(N)ccc2nc(-c3c[nH]nc3C(F)(F)F)c3c(c12)CCCC3. The quantitative estimate of drug-likeness (QED) is 0.303. The first kappa shape index (κ1) is 21.8. The van der Waals surface area contributed by atoms with Gasteiger partial charge in [0.25, 0.3) is 5.91 Å². The molecule has 0 unspecified atom stereocenters. The summed E-state index contributed by atoms with van der Waals surface area (Å²) in [5.41, 5.74) is 6.90. The molecule has 1 aromatic carbocycles. The molecule has 6 N–H and O–H groups in total. The van der Waals surface area contributed by atoms with Crippen LogP contribution < -0.4 is 11.1 Å². The lowest BCUT2D eigenvalue weighted by molar-refractivity contribution is -0.140. The third-order valence-corrected chi connectivity index (χ3v) is 5.54. The highest BCUT2D eigenvalue weighted by atomic mass is 19.4. The number of aryl methyl sites for hydroxylation is 1. The first-order valence-corrected chi connectivity index (χ1v) is 10.1. The lowest BCUT2D eigenvalue weighted by Gasteiger charge is -2.23. The number of H-pyrrole nitrogens is 1. The number of rotatable bonds is 5. The average Bonchev–Trinajstić information content (AvgIpc) is 3.27. The number of carbonyl (C=O) groups is 1. The van der Waals surface area contributed by atoms with Crippen LogP contribution in [0.15, 0.2) is 18.3 Å². The number of nitrogens with one attached hydrogen (secondary N) is 3. The van der Waals surface area contributed by atoms with E-state index in [0.717, 1.165) is 18.4 Å². The van der Waals surface area contributed by atoms with Crippen LogP contribution in [-0.4, -0.2) is 45.1 Å². The number of hydrogen-bond acceptors (Lipinski definition) is 6.